The third kappa shape index (κ3) is 3.00. The van der Waals surface area contributed by atoms with Gasteiger partial charge < -0.3 is 0 Å². The van der Waals surface area contributed by atoms with Crippen molar-refractivity contribution < 1.29 is 0 Å². The van der Waals surface area contributed by atoms with Crippen LogP contribution >= 0.6 is 0 Å². The average Bonchev–Trinajstić information content (AvgIpc) is 2.88. The number of hydrogen-bond acceptors (Lipinski definition) is 0. The zero-order chi connectivity index (χ0) is 14.7. The van der Waals surface area contributed by atoms with E-state index in [9.17, 15) is 0 Å². The predicted octanol–water partition coefficient (Wildman–Crippen LogP) is 5.59. The highest BCUT2D eigenvalue weighted by Crippen LogP contribution is 2.36. The molecule has 2 aromatic rings. The van der Waals surface area contributed by atoms with Crippen molar-refractivity contribution in [2.24, 2.45) is 5.92 Å². The Balaban J connectivity index is 1.66. The van der Waals surface area contributed by atoms with Crippen molar-refractivity contribution in [3.8, 4) is 0 Å². The summed E-state index contributed by atoms with van der Waals surface area (Å²) in [5.41, 5.74) is 7.23. The van der Waals surface area contributed by atoms with Gasteiger partial charge in [0.1, 0.15) is 0 Å². The Kier molecular flexibility index (Phi) is 4.06. The molecule has 3 rings (SSSR count). The van der Waals surface area contributed by atoms with Gasteiger partial charge in [0.05, 0.1) is 0 Å². The summed E-state index contributed by atoms with van der Waals surface area (Å²) in [4.78, 5) is 0. The van der Waals surface area contributed by atoms with Crippen LogP contribution in [0.2, 0.25) is 0 Å². The molecule has 0 bridgehead atoms. The van der Waals surface area contributed by atoms with E-state index in [4.69, 9.17) is 0 Å². The number of hydrogen-bond donors (Lipinski definition) is 0. The Morgan fingerprint density at radius 2 is 1.52 bits per heavy atom. The van der Waals surface area contributed by atoms with E-state index in [2.05, 4.69) is 80.6 Å². The zero-order valence-corrected chi connectivity index (χ0v) is 12.8. The molecule has 21 heavy (non-hydrogen) atoms. The van der Waals surface area contributed by atoms with Crippen molar-refractivity contribution in [3.63, 3.8) is 0 Å². The van der Waals surface area contributed by atoms with Gasteiger partial charge >= 0.3 is 0 Å². The molecule has 2 aromatic carbocycles. The van der Waals surface area contributed by atoms with Crippen molar-refractivity contribution in [1.82, 2.24) is 0 Å². The van der Waals surface area contributed by atoms with E-state index in [0.29, 0.717) is 5.92 Å². The maximum absolute atomic E-state index is 2.33. The molecule has 0 saturated carbocycles. The molecule has 0 saturated heterocycles. The molecule has 0 spiro atoms. The molecule has 0 aliphatic heterocycles. The van der Waals surface area contributed by atoms with Gasteiger partial charge in [-0.05, 0) is 42.0 Å². The summed E-state index contributed by atoms with van der Waals surface area (Å²) < 4.78 is 0. The van der Waals surface area contributed by atoms with Crippen LogP contribution in [0.1, 0.15) is 30.0 Å². The molecule has 0 heteroatoms. The van der Waals surface area contributed by atoms with Gasteiger partial charge in [0.2, 0.25) is 0 Å². The van der Waals surface area contributed by atoms with Crippen LogP contribution in [0.25, 0.3) is 5.57 Å². The fourth-order valence-corrected chi connectivity index (χ4v) is 3.13. The first kappa shape index (κ1) is 13.9. The number of rotatable bonds is 4. The second kappa shape index (κ2) is 6.13. The van der Waals surface area contributed by atoms with Crippen LogP contribution < -0.4 is 0 Å². The molecule has 0 heterocycles. The number of allylic oxidation sites excluding steroid dienone is 4. The minimum absolute atomic E-state index is 0.538. The maximum Gasteiger partial charge on any atom is 0.00289 e. The molecule has 0 fully saturated rings. The summed E-state index contributed by atoms with van der Waals surface area (Å²) in [5.74, 6) is 0.538. The van der Waals surface area contributed by atoms with E-state index in [0.717, 1.165) is 12.8 Å². The van der Waals surface area contributed by atoms with Crippen molar-refractivity contribution in [2.45, 2.75) is 26.7 Å². The molecule has 1 aliphatic carbocycles. The highest BCUT2D eigenvalue weighted by molar-refractivity contribution is 5.74. The van der Waals surface area contributed by atoms with Crippen LogP contribution in [0.5, 0.6) is 0 Å². The second-order valence-electron chi connectivity index (χ2n) is 5.88. The van der Waals surface area contributed by atoms with Crippen LogP contribution in [0, 0.1) is 12.8 Å². The quantitative estimate of drug-likeness (QED) is 0.682. The van der Waals surface area contributed by atoms with E-state index in [-0.39, 0.29) is 0 Å². The third-order valence-corrected chi connectivity index (χ3v) is 4.55. The molecule has 1 aliphatic rings. The summed E-state index contributed by atoms with van der Waals surface area (Å²) in [6.45, 7) is 4.53. The number of benzene rings is 2. The van der Waals surface area contributed by atoms with Gasteiger partial charge in [-0.15, -0.1) is 0 Å². The molecule has 0 amide bonds. The third-order valence-electron chi connectivity index (χ3n) is 4.55. The van der Waals surface area contributed by atoms with E-state index in [1.807, 2.05) is 0 Å². The summed E-state index contributed by atoms with van der Waals surface area (Å²) in [6, 6.07) is 19.4. The van der Waals surface area contributed by atoms with Crippen LogP contribution in [0.4, 0.5) is 0 Å². The van der Waals surface area contributed by atoms with Gasteiger partial charge in [0.25, 0.3) is 0 Å². The van der Waals surface area contributed by atoms with Gasteiger partial charge in [0.15, 0.2) is 0 Å². The molecule has 0 N–H and O–H groups in total. The van der Waals surface area contributed by atoms with Crippen LogP contribution in [0.15, 0.2) is 72.3 Å². The predicted molar refractivity (Wildman–Crippen MR) is 91.2 cm³/mol. The highest BCUT2D eigenvalue weighted by atomic mass is 14.2. The fourth-order valence-electron chi connectivity index (χ4n) is 3.13. The standard InChI is InChI=1S/C21H22/c1-16-8-6-7-9-18(16)12-13-19-14-15-21(17(19)2)20-10-4-3-5-11-20/h3-11,14-15,17H,12-13H2,1-2H3. The summed E-state index contributed by atoms with van der Waals surface area (Å²) in [5, 5.41) is 0. The smallest absolute Gasteiger partial charge is 0.00289 e. The van der Waals surface area contributed by atoms with Crippen molar-refractivity contribution in [1.29, 1.82) is 0 Å². The van der Waals surface area contributed by atoms with Gasteiger partial charge in [-0.1, -0.05) is 79.2 Å². The summed E-state index contributed by atoms with van der Waals surface area (Å²) in [7, 11) is 0. The van der Waals surface area contributed by atoms with E-state index in [1.165, 1.54) is 22.3 Å². The zero-order valence-electron chi connectivity index (χ0n) is 12.8. The van der Waals surface area contributed by atoms with Gasteiger partial charge in [-0.3, -0.25) is 0 Å². The van der Waals surface area contributed by atoms with E-state index in [1.54, 1.807) is 5.57 Å². The second-order valence-corrected chi connectivity index (χ2v) is 5.88. The van der Waals surface area contributed by atoms with Crippen molar-refractivity contribution >= 4 is 5.57 Å². The summed E-state index contributed by atoms with van der Waals surface area (Å²) in [6.07, 6.45) is 6.91. The minimum atomic E-state index is 0.538. The topological polar surface area (TPSA) is 0 Å². The van der Waals surface area contributed by atoms with E-state index >= 15 is 0 Å². The minimum Gasteiger partial charge on any atom is -0.0626 e. The lowest BCUT2D eigenvalue weighted by Crippen LogP contribution is -2.01. The highest BCUT2D eigenvalue weighted by Gasteiger charge is 2.19. The van der Waals surface area contributed by atoms with Crippen LogP contribution in [0.3, 0.4) is 0 Å². The SMILES string of the molecule is Cc1ccccc1CCC1=CC=C(c2ccccc2)C1C. The molecular weight excluding hydrogens is 252 g/mol. The normalized spacial score (nSPS) is 17.5. The average molecular weight is 274 g/mol. The molecule has 1 unspecified atom stereocenters. The first-order valence-electron chi connectivity index (χ1n) is 7.76. The molecule has 106 valence electrons. The Bertz CT molecular complexity index is 674. The molecule has 0 nitrogen and oxygen atoms in total. The fraction of sp³-hybridized carbons (Fsp3) is 0.238. The Hall–Kier alpha value is -2.08. The summed E-state index contributed by atoms with van der Waals surface area (Å²) >= 11 is 0. The largest absolute Gasteiger partial charge is 0.0626 e. The Morgan fingerprint density at radius 3 is 2.29 bits per heavy atom. The lowest BCUT2D eigenvalue weighted by atomic mass is 9.89. The first-order valence-corrected chi connectivity index (χ1v) is 7.76. The monoisotopic (exact) mass is 274 g/mol. The maximum atomic E-state index is 2.33. The molecule has 1 atom stereocenters. The number of aryl methyl sites for hydroxylation is 2. The van der Waals surface area contributed by atoms with Gasteiger partial charge in [-0.2, -0.15) is 0 Å². The van der Waals surface area contributed by atoms with Crippen molar-refractivity contribution in [3.05, 3.63) is 89.0 Å². The lowest BCUT2D eigenvalue weighted by Gasteiger charge is -2.15. The van der Waals surface area contributed by atoms with Crippen molar-refractivity contribution in [2.75, 3.05) is 0 Å². The van der Waals surface area contributed by atoms with Gasteiger partial charge in [0, 0.05) is 5.92 Å². The molecular formula is C21H22. The van der Waals surface area contributed by atoms with Gasteiger partial charge in [-0.25, -0.2) is 0 Å². The van der Waals surface area contributed by atoms with Crippen LogP contribution in [-0.4, -0.2) is 0 Å². The van der Waals surface area contributed by atoms with Crippen LogP contribution in [-0.2, 0) is 6.42 Å². The molecule has 0 radical (unpaired) electrons. The first-order chi connectivity index (χ1) is 10.3. The lowest BCUT2D eigenvalue weighted by molar-refractivity contribution is 0.797. The Morgan fingerprint density at radius 1 is 0.810 bits per heavy atom. The molecule has 0 aromatic heterocycles. The van der Waals surface area contributed by atoms with E-state index < -0.39 is 0 Å². The Labute approximate surface area is 127 Å².